The van der Waals surface area contributed by atoms with Gasteiger partial charge in [0.25, 0.3) is 0 Å². The van der Waals surface area contributed by atoms with Crippen molar-refractivity contribution in [2.75, 3.05) is 7.11 Å². The fraction of sp³-hybridized carbons (Fsp3) is 0.250. The molecule has 4 aromatic rings. The molecule has 154 valence electrons. The Hall–Kier alpha value is -3.22. The lowest BCUT2D eigenvalue weighted by molar-refractivity contribution is -0.00937. The average Bonchev–Trinajstić information content (AvgIpc) is 3.21. The summed E-state index contributed by atoms with van der Waals surface area (Å²) in [5, 5.41) is 29.1. The number of nitrogens with one attached hydrogen (secondary N) is 1. The Kier molecular flexibility index (Phi) is 5.53. The third kappa shape index (κ3) is 3.67. The van der Waals surface area contributed by atoms with Crippen LogP contribution in [-0.4, -0.2) is 38.6 Å². The van der Waals surface area contributed by atoms with E-state index >= 15 is 0 Å². The van der Waals surface area contributed by atoms with Crippen molar-refractivity contribution in [1.82, 2.24) is 15.2 Å². The molecule has 2 heterocycles. The van der Waals surface area contributed by atoms with Crippen molar-refractivity contribution < 1.29 is 14.9 Å². The van der Waals surface area contributed by atoms with E-state index in [1.807, 2.05) is 68.4 Å². The number of pyridine rings is 1. The number of H-pyrrole nitrogens is 1. The van der Waals surface area contributed by atoms with Crippen LogP contribution in [0.1, 0.15) is 25.5 Å². The summed E-state index contributed by atoms with van der Waals surface area (Å²) in [6, 6.07) is 17.3. The van der Waals surface area contributed by atoms with Gasteiger partial charge >= 0.3 is 0 Å². The lowest BCUT2D eigenvalue weighted by Gasteiger charge is -2.21. The van der Waals surface area contributed by atoms with Crippen molar-refractivity contribution in [2.45, 2.75) is 26.1 Å². The molecule has 0 amide bonds. The molecule has 2 aromatic heterocycles. The number of ether oxygens (including phenoxy) is 1. The lowest BCUT2D eigenvalue weighted by atomic mass is 9.94. The maximum absolute atomic E-state index is 10.5. The van der Waals surface area contributed by atoms with Crippen LogP contribution in [0.2, 0.25) is 0 Å². The maximum atomic E-state index is 10.5. The third-order valence-electron chi connectivity index (χ3n) is 5.35. The summed E-state index contributed by atoms with van der Waals surface area (Å²) in [5.41, 5.74) is 4.81. The van der Waals surface area contributed by atoms with Gasteiger partial charge in [0, 0.05) is 22.7 Å². The quantitative estimate of drug-likeness (QED) is 0.445. The van der Waals surface area contributed by atoms with Crippen LogP contribution in [0.15, 0.2) is 60.8 Å². The molecule has 0 saturated heterocycles. The fourth-order valence-corrected chi connectivity index (χ4v) is 3.57. The first kappa shape index (κ1) is 20.1. The van der Waals surface area contributed by atoms with Crippen molar-refractivity contribution in [2.24, 2.45) is 5.92 Å². The zero-order valence-corrected chi connectivity index (χ0v) is 17.2. The molecule has 0 aliphatic heterocycles. The van der Waals surface area contributed by atoms with Gasteiger partial charge in [-0.3, -0.25) is 5.10 Å². The molecular formula is C24H25N3O3. The number of benzene rings is 2. The second-order valence-electron chi connectivity index (χ2n) is 7.70. The molecule has 0 aliphatic carbocycles. The second kappa shape index (κ2) is 8.26. The predicted molar refractivity (Wildman–Crippen MR) is 117 cm³/mol. The van der Waals surface area contributed by atoms with E-state index in [1.165, 1.54) is 0 Å². The van der Waals surface area contributed by atoms with Gasteiger partial charge in [-0.05, 0) is 41.3 Å². The van der Waals surface area contributed by atoms with Crippen LogP contribution in [0.4, 0.5) is 0 Å². The van der Waals surface area contributed by atoms with E-state index in [9.17, 15) is 10.2 Å². The highest BCUT2D eigenvalue weighted by atomic mass is 16.5. The highest BCUT2D eigenvalue weighted by Crippen LogP contribution is 2.35. The summed E-state index contributed by atoms with van der Waals surface area (Å²) in [7, 11) is 1.64. The zero-order valence-electron chi connectivity index (χ0n) is 17.2. The van der Waals surface area contributed by atoms with Crippen molar-refractivity contribution >= 4 is 11.0 Å². The number of aliphatic hydroxyl groups is 2. The van der Waals surface area contributed by atoms with E-state index in [1.54, 1.807) is 13.3 Å². The lowest BCUT2D eigenvalue weighted by Crippen LogP contribution is -2.23. The summed E-state index contributed by atoms with van der Waals surface area (Å²) in [4.78, 5) is 4.53. The Morgan fingerprint density at radius 1 is 0.967 bits per heavy atom. The smallest absolute Gasteiger partial charge is 0.155 e. The fourth-order valence-electron chi connectivity index (χ4n) is 3.57. The molecule has 0 aliphatic rings. The molecule has 2 aromatic carbocycles. The zero-order chi connectivity index (χ0) is 21.3. The Balaban J connectivity index is 1.77. The first-order chi connectivity index (χ1) is 14.5. The van der Waals surface area contributed by atoms with Crippen molar-refractivity contribution in [3.63, 3.8) is 0 Å². The number of hydrogen-bond acceptors (Lipinski definition) is 5. The molecule has 0 saturated carbocycles. The number of hydrogen-bond donors (Lipinski definition) is 3. The van der Waals surface area contributed by atoms with Gasteiger partial charge in [0.15, 0.2) is 5.65 Å². The van der Waals surface area contributed by atoms with Crippen LogP contribution in [0.25, 0.3) is 33.4 Å². The minimum Gasteiger partial charge on any atom is -0.496 e. The molecule has 30 heavy (non-hydrogen) atoms. The molecule has 0 bridgehead atoms. The molecule has 3 N–H and O–H groups in total. The summed E-state index contributed by atoms with van der Waals surface area (Å²) >= 11 is 0. The Morgan fingerprint density at radius 3 is 2.53 bits per heavy atom. The Morgan fingerprint density at radius 2 is 1.77 bits per heavy atom. The molecule has 4 rings (SSSR count). The van der Waals surface area contributed by atoms with Crippen molar-refractivity contribution in [1.29, 1.82) is 0 Å². The molecule has 0 radical (unpaired) electrons. The van der Waals surface area contributed by atoms with Crippen LogP contribution >= 0.6 is 0 Å². The highest BCUT2D eigenvalue weighted by molar-refractivity contribution is 5.94. The SMILES string of the molecule is COc1ccccc1-c1n[nH]c2ncc(-c3cccc([C@H](O)[C@@H](O)C(C)C)c3)cc12. The molecule has 6 heteroatoms. The topological polar surface area (TPSA) is 91.3 Å². The van der Waals surface area contributed by atoms with E-state index in [-0.39, 0.29) is 5.92 Å². The number of methoxy groups -OCH3 is 1. The molecule has 0 fully saturated rings. The van der Waals surface area contributed by atoms with Crippen molar-refractivity contribution in [3.05, 3.63) is 66.4 Å². The van der Waals surface area contributed by atoms with Crippen LogP contribution in [-0.2, 0) is 0 Å². The summed E-state index contributed by atoms with van der Waals surface area (Å²) in [6.07, 6.45) is 0.00301. The largest absolute Gasteiger partial charge is 0.496 e. The van der Waals surface area contributed by atoms with Gasteiger partial charge in [0.1, 0.15) is 17.5 Å². The minimum absolute atomic E-state index is 0.0454. The van der Waals surface area contributed by atoms with Crippen molar-refractivity contribution in [3.8, 4) is 28.1 Å². The average molecular weight is 403 g/mol. The first-order valence-corrected chi connectivity index (χ1v) is 9.93. The van der Waals surface area contributed by atoms with Gasteiger partial charge in [0.2, 0.25) is 0 Å². The van der Waals surface area contributed by atoms with Gasteiger partial charge < -0.3 is 14.9 Å². The number of aliphatic hydroxyl groups excluding tert-OH is 2. The van der Waals surface area contributed by atoms with E-state index < -0.39 is 12.2 Å². The minimum atomic E-state index is -0.945. The Labute approximate surface area is 175 Å². The monoisotopic (exact) mass is 403 g/mol. The van der Waals surface area contributed by atoms with Gasteiger partial charge in [-0.15, -0.1) is 0 Å². The highest BCUT2D eigenvalue weighted by Gasteiger charge is 2.22. The van der Waals surface area contributed by atoms with Gasteiger partial charge in [-0.2, -0.15) is 5.10 Å². The molecule has 0 spiro atoms. The number of fused-ring (bicyclic) bond motifs is 1. The summed E-state index contributed by atoms with van der Waals surface area (Å²) in [5.74, 6) is 0.695. The van der Waals surface area contributed by atoms with Gasteiger partial charge in [-0.1, -0.05) is 44.2 Å². The molecule has 6 nitrogen and oxygen atoms in total. The van der Waals surface area contributed by atoms with Gasteiger partial charge in [-0.25, -0.2) is 4.98 Å². The molecular weight excluding hydrogens is 378 g/mol. The van der Waals surface area contributed by atoms with E-state index in [0.717, 1.165) is 33.5 Å². The second-order valence-corrected chi connectivity index (χ2v) is 7.70. The number of para-hydroxylation sites is 1. The van der Waals surface area contributed by atoms with E-state index in [2.05, 4.69) is 15.2 Å². The number of aromatic nitrogens is 3. The van der Waals surface area contributed by atoms with Crippen LogP contribution in [0.3, 0.4) is 0 Å². The van der Waals surface area contributed by atoms with Crippen LogP contribution in [0, 0.1) is 5.92 Å². The van der Waals surface area contributed by atoms with E-state index in [4.69, 9.17) is 4.74 Å². The number of nitrogens with zero attached hydrogens (tertiary/aromatic N) is 2. The summed E-state index contributed by atoms with van der Waals surface area (Å²) in [6.45, 7) is 3.77. The molecule has 2 atom stereocenters. The third-order valence-corrected chi connectivity index (χ3v) is 5.35. The Bertz CT molecular complexity index is 1170. The number of aromatic amines is 1. The summed E-state index contributed by atoms with van der Waals surface area (Å²) < 4.78 is 5.49. The molecule has 0 unspecified atom stereocenters. The standard InChI is InChI=1S/C24H25N3O3/c1-14(2)22(28)23(29)16-8-6-7-15(11-16)17-12-19-21(26-27-24(19)25-13-17)18-9-4-5-10-20(18)30-3/h4-14,22-23,28-29H,1-3H3,(H,25,26,27)/t22-,23-/m0/s1. The van der Waals surface area contributed by atoms with Crippen LogP contribution < -0.4 is 4.74 Å². The first-order valence-electron chi connectivity index (χ1n) is 9.93. The normalized spacial score (nSPS) is 13.5. The van der Waals surface area contributed by atoms with Crippen LogP contribution in [0.5, 0.6) is 5.75 Å². The number of rotatable bonds is 6. The predicted octanol–water partition coefficient (Wildman–Crippen LogP) is 4.35. The maximum Gasteiger partial charge on any atom is 0.155 e. The van der Waals surface area contributed by atoms with E-state index in [0.29, 0.717) is 11.2 Å². The van der Waals surface area contributed by atoms with Gasteiger partial charge in [0.05, 0.1) is 13.2 Å².